The van der Waals surface area contributed by atoms with Gasteiger partial charge in [-0.3, -0.25) is 4.90 Å². The van der Waals surface area contributed by atoms with E-state index in [1.54, 1.807) is 11.3 Å². The van der Waals surface area contributed by atoms with Crippen molar-refractivity contribution < 1.29 is 0 Å². The highest BCUT2D eigenvalue weighted by molar-refractivity contribution is 7.81. The Bertz CT molecular complexity index is 471. The standard InChI is InChI=1S/C14H21N3S2/c1-9-4-6-17(7-5-9)8-11-16-12(10-2-3-10)13(19-11)14(15)18/h9-10H,2-8H2,1H3,(H2,15,18). The summed E-state index contributed by atoms with van der Waals surface area (Å²) in [6.07, 6.45) is 5.12. The molecule has 2 heterocycles. The Labute approximate surface area is 124 Å². The molecular formula is C14H21N3S2. The van der Waals surface area contributed by atoms with Gasteiger partial charge < -0.3 is 5.73 Å². The van der Waals surface area contributed by atoms with Crippen LogP contribution in [0.1, 0.15) is 54.1 Å². The molecular weight excluding hydrogens is 274 g/mol. The van der Waals surface area contributed by atoms with Crippen LogP contribution in [0.25, 0.3) is 0 Å². The second kappa shape index (κ2) is 5.46. The molecule has 0 amide bonds. The summed E-state index contributed by atoms with van der Waals surface area (Å²) in [5, 5.41) is 1.19. The van der Waals surface area contributed by atoms with Crippen LogP contribution in [-0.2, 0) is 6.54 Å². The van der Waals surface area contributed by atoms with E-state index in [0.717, 1.165) is 17.3 Å². The summed E-state index contributed by atoms with van der Waals surface area (Å²) in [6.45, 7) is 5.71. The molecule has 104 valence electrons. The third-order valence-electron chi connectivity index (χ3n) is 4.12. The molecule has 19 heavy (non-hydrogen) atoms. The van der Waals surface area contributed by atoms with Crippen LogP contribution >= 0.6 is 23.6 Å². The van der Waals surface area contributed by atoms with Crippen molar-refractivity contribution in [3.05, 3.63) is 15.6 Å². The molecule has 3 rings (SSSR count). The number of rotatable bonds is 4. The molecule has 1 aliphatic heterocycles. The predicted octanol–water partition coefficient (Wildman–Crippen LogP) is 2.89. The van der Waals surface area contributed by atoms with Crippen LogP contribution in [0.4, 0.5) is 0 Å². The van der Waals surface area contributed by atoms with Gasteiger partial charge in [-0.1, -0.05) is 19.1 Å². The molecule has 2 fully saturated rings. The van der Waals surface area contributed by atoms with Gasteiger partial charge in [-0.2, -0.15) is 0 Å². The van der Waals surface area contributed by atoms with Gasteiger partial charge in [-0.25, -0.2) is 4.98 Å². The monoisotopic (exact) mass is 295 g/mol. The highest BCUT2D eigenvalue weighted by Gasteiger charge is 2.30. The lowest BCUT2D eigenvalue weighted by Crippen LogP contribution is -2.32. The molecule has 2 aliphatic rings. The van der Waals surface area contributed by atoms with Crippen LogP contribution in [-0.4, -0.2) is 28.0 Å². The maximum absolute atomic E-state index is 5.83. The van der Waals surface area contributed by atoms with Crippen molar-refractivity contribution >= 4 is 28.5 Å². The maximum atomic E-state index is 5.83. The molecule has 1 aliphatic carbocycles. The fraction of sp³-hybridized carbons (Fsp3) is 0.714. The van der Waals surface area contributed by atoms with Crippen LogP contribution in [0.2, 0.25) is 0 Å². The molecule has 0 unspecified atom stereocenters. The van der Waals surface area contributed by atoms with E-state index in [9.17, 15) is 0 Å². The SMILES string of the molecule is CC1CCN(Cc2nc(C3CC3)c(C(N)=S)s2)CC1. The van der Waals surface area contributed by atoms with Gasteiger partial charge in [0.05, 0.1) is 17.1 Å². The summed E-state index contributed by atoms with van der Waals surface area (Å²) in [7, 11) is 0. The Kier molecular flexibility index (Phi) is 3.87. The van der Waals surface area contributed by atoms with E-state index < -0.39 is 0 Å². The molecule has 0 spiro atoms. The van der Waals surface area contributed by atoms with Crippen molar-refractivity contribution in [2.75, 3.05) is 13.1 Å². The summed E-state index contributed by atoms with van der Waals surface area (Å²) < 4.78 is 0. The zero-order valence-electron chi connectivity index (χ0n) is 11.4. The van der Waals surface area contributed by atoms with E-state index in [1.165, 1.54) is 49.5 Å². The zero-order valence-corrected chi connectivity index (χ0v) is 13.0. The summed E-state index contributed by atoms with van der Waals surface area (Å²) >= 11 is 6.88. The quantitative estimate of drug-likeness (QED) is 0.867. The van der Waals surface area contributed by atoms with Gasteiger partial charge >= 0.3 is 0 Å². The summed E-state index contributed by atoms with van der Waals surface area (Å²) in [5.41, 5.74) is 7.01. The Morgan fingerprint density at radius 1 is 1.37 bits per heavy atom. The van der Waals surface area contributed by atoms with Gasteiger partial charge in [0.1, 0.15) is 10.00 Å². The fourth-order valence-corrected chi connectivity index (χ4v) is 3.94. The highest BCUT2D eigenvalue weighted by atomic mass is 32.1. The molecule has 0 radical (unpaired) electrons. The second-order valence-electron chi connectivity index (χ2n) is 5.92. The molecule has 3 nitrogen and oxygen atoms in total. The minimum absolute atomic E-state index is 0.526. The van der Waals surface area contributed by atoms with Gasteiger partial charge in [0.15, 0.2) is 0 Å². The van der Waals surface area contributed by atoms with E-state index in [2.05, 4.69) is 11.8 Å². The average Bonchev–Trinajstić information content (AvgIpc) is 3.13. The molecule has 1 aromatic heterocycles. The van der Waals surface area contributed by atoms with E-state index >= 15 is 0 Å². The van der Waals surface area contributed by atoms with Crippen molar-refractivity contribution in [3.63, 3.8) is 0 Å². The largest absolute Gasteiger partial charge is 0.389 e. The lowest BCUT2D eigenvalue weighted by atomic mass is 9.99. The Morgan fingerprint density at radius 3 is 2.63 bits per heavy atom. The van der Waals surface area contributed by atoms with E-state index in [-0.39, 0.29) is 0 Å². The second-order valence-corrected chi connectivity index (χ2v) is 7.44. The maximum Gasteiger partial charge on any atom is 0.116 e. The third kappa shape index (κ3) is 3.15. The first-order valence-electron chi connectivity index (χ1n) is 7.15. The Morgan fingerprint density at radius 2 is 2.05 bits per heavy atom. The van der Waals surface area contributed by atoms with Crippen LogP contribution in [0.5, 0.6) is 0 Å². The number of nitrogens with two attached hydrogens (primary N) is 1. The number of thiocarbonyl (C=S) groups is 1. The van der Waals surface area contributed by atoms with E-state index in [0.29, 0.717) is 10.9 Å². The summed E-state index contributed by atoms with van der Waals surface area (Å²) in [5.74, 6) is 1.50. The molecule has 0 aromatic carbocycles. The number of nitrogens with zero attached hydrogens (tertiary/aromatic N) is 2. The number of thiazole rings is 1. The van der Waals surface area contributed by atoms with Crippen LogP contribution in [0.15, 0.2) is 0 Å². The smallest absolute Gasteiger partial charge is 0.116 e. The van der Waals surface area contributed by atoms with Gasteiger partial charge in [-0.05, 0) is 44.7 Å². The van der Waals surface area contributed by atoms with Crippen molar-refractivity contribution in [1.29, 1.82) is 0 Å². The molecule has 5 heteroatoms. The lowest BCUT2D eigenvalue weighted by Gasteiger charge is -2.29. The van der Waals surface area contributed by atoms with Crippen LogP contribution < -0.4 is 5.73 Å². The normalized spacial score (nSPS) is 21.7. The van der Waals surface area contributed by atoms with Crippen LogP contribution in [0.3, 0.4) is 0 Å². The Balaban J connectivity index is 1.70. The highest BCUT2D eigenvalue weighted by Crippen LogP contribution is 2.42. The molecule has 1 saturated carbocycles. The number of aromatic nitrogens is 1. The minimum atomic E-state index is 0.526. The minimum Gasteiger partial charge on any atom is -0.389 e. The molecule has 1 saturated heterocycles. The van der Waals surface area contributed by atoms with Crippen molar-refractivity contribution in [1.82, 2.24) is 9.88 Å². The first-order chi connectivity index (χ1) is 9.13. The topological polar surface area (TPSA) is 42.2 Å². The summed E-state index contributed by atoms with van der Waals surface area (Å²) in [4.78, 5) is 8.92. The average molecular weight is 295 g/mol. The van der Waals surface area contributed by atoms with Gasteiger partial charge in [0.25, 0.3) is 0 Å². The van der Waals surface area contributed by atoms with Gasteiger partial charge in [0, 0.05) is 5.92 Å². The van der Waals surface area contributed by atoms with Crippen molar-refractivity contribution in [3.8, 4) is 0 Å². The first kappa shape index (κ1) is 13.5. The number of hydrogen-bond donors (Lipinski definition) is 1. The molecule has 0 atom stereocenters. The van der Waals surface area contributed by atoms with Gasteiger partial charge in [0.2, 0.25) is 0 Å². The van der Waals surface area contributed by atoms with Gasteiger partial charge in [-0.15, -0.1) is 11.3 Å². The first-order valence-corrected chi connectivity index (χ1v) is 8.37. The lowest BCUT2D eigenvalue weighted by molar-refractivity contribution is 0.185. The Hall–Kier alpha value is -0.520. The van der Waals surface area contributed by atoms with Crippen molar-refractivity contribution in [2.45, 2.75) is 45.1 Å². The van der Waals surface area contributed by atoms with Crippen molar-refractivity contribution in [2.24, 2.45) is 11.7 Å². The number of hydrogen-bond acceptors (Lipinski definition) is 4. The summed E-state index contributed by atoms with van der Waals surface area (Å²) in [6, 6.07) is 0. The predicted molar refractivity (Wildman–Crippen MR) is 83.7 cm³/mol. The number of piperidine rings is 1. The molecule has 1 aromatic rings. The van der Waals surface area contributed by atoms with Crippen LogP contribution in [0, 0.1) is 5.92 Å². The zero-order chi connectivity index (χ0) is 13.4. The fourth-order valence-electron chi connectivity index (χ4n) is 2.67. The van der Waals surface area contributed by atoms with E-state index in [4.69, 9.17) is 22.9 Å². The third-order valence-corrected chi connectivity index (χ3v) is 5.54. The molecule has 2 N–H and O–H groups in total. The molecule has 0 bridgehead atoms. The van der Waals surface area contributed by atoms with E-state index in [1.807, 2.05) is 0 Å². The number of likely N-dealkylation sites (tertiary alicyclic amines) is 1.